The maximum atomic E-state index is 14.9. The summed E-state index contributed by atoms with van der Waals surface area (Å²) in [4.78, 5) is 32.1. The van der Waals surface area contributed by atoms with Gasteiger partial charge in [0.15, 0.2) is 0 Å². The Balaban J connectivity index is 0.00000441. The van der Waals surface area contributed by atoms with Gasteiger partial charge < -0.3 is 14.7 Å². The summed E-state index contributed by atoms with van der Waals surface area (Å²) in [6.07, 6.45) is 2.88. The van der Waals surface area contributed by atoms with Gasteiger partial charge in [0.25, 0.3) is 5.91 Å². The minimum Gasteiger partial charge on any atom is -0.355 e. The van der Waals surface area contributed by atoms with Crippen molar-refractivity contribution in [3.8, 4) is 11.4 Å². The number of hydrogen-bond acceptors (Lipinski definition) is 7. The molecule has 0 saturated heterocycles. The van der Waals surface area contributed by atoms with Crippen LogP contribution in [-0.4, -0.2) is 58.7 Å². The number of nitrogens with zero attached hydrogens (tertiary/aromatic N) is 5. The number of unbranched alkanes of at least 4 members (excludes halogenated alkanes) is 2. The summed E-state index contributed by atoms with van der Waals surface area (Å²) in [6, 6.07) is 7.77. The normalized spacial score (nSPS) is 12.6. The second-order valence-corrected chi connectivity index (χ2v) is 9.79. The van der Waals surface area contributed by atoms with E-state index >= 15 is 0 Å². The van der Waals surface area contributed by atoms with Crippen molar-refractivity contribution >= 4 is 17.5 Å². The second-order valence-electron chi connectivity index (χ2n) is 9.79. The number of halogens is 2. The number of hydrazine groups is 1. The molecule has 9 nitrogen and oxygen atoms in total. The standard InChI is InChI=1S/C28H34F2N6O3.CH4/c1-5-6-7-11-31-26(37)16-35(25-13-21(24(30)12-18(25)2)28-32-19(3)39-33-28)17-27(38)34(4)36-14-20-9-8-10-23(29)22(20)15-36;/h8-10,12-13H,5-7,11,14-17H2,1-4H3,(H,31,37);1H4. The molecule has 0 radical (unpaired) electrons. The number of aromatic nitrogens is 2. The Hall–Kier alpha value is -3.86. The first-order valence-electron chi connectivity index (χ1n) is 13.1. The van der Waals surface area contributed by atoms with Gasteiger partial charge in [0.2, 0.25) is 17.6 Å². The molecule has 1 aliphatic rings. The van der Waals surface area contributed by atoms with E-state index in [1.807, 2.05) is 6.07 Å². The number of fused-ring (bicyclic) bond motifs is 1. The van der Waals surface area contributed by atoms with E-state index in [0.717, 1.165) is 24.8 Å². The molecule has 0 spiro atoms. The molecule has 2 heterocycles. The molecular weight excluding hydrogens is 518 g/mol. The molecule has 11 heteroatoms. The molecule has 40 heavy (non-hydrogen) atoms. The maximum absolute atomic E-state index is 14.9. The Labute approximate surface area is 234 Å². The lowest BCUT2D eigenvalue weighted by Crippen LogP contribution is -2.48. The van der Waals surface area contributed by atoms with Crippen molar-refractivity contribution in [3.63, 3.8) is 0 Å². The van der Waals surface area contributed by atoms with E-state index in [9.17, 15) is 18.4 Å². The Morgan fingerprint density at radius 3 is 2.55 bits per heavy atom. The summed E-state index contributed by atoms with van der Waals surface area (Å²) >= 11 is 0. The molecule has 0 bridgehead atoms. The number of carbonyl (C=O) groups excluding carboxylic acids is 2. The van der Waals surface area contributed by atoms with Gasteiger partial charge in [-0.25, -0.2) is 13.8 Å². The molecule has 0 aliphatic carbocycles. The molecule has 1 aromatic heterocycles. The zero-order valence-electron chi connectivity index (χ0n) is 22.8. The smallest absolute Gasteiger partial charge is 0.256 e. The van der Waals surface area contributed by atoms with E-state index in [1.165, 1.54) is 23.2 Å². The van der Waals surface area contributed by atoms with Crippen LogP contribution in [0.4, 0.5) is 14.5 Å². The Morgan fingerprint density at radius 1 is 1.10 bits per heavy atom. The van der Waals surface area contributed by atoms with Gasteiger partial charge >= 0.3 is 0 Å². The third kappa shape index (κ3) is 7.01. The quantitative estimate of drug-likeness (QED) is 0.340. The second kappa shape index (κ2) is 13.5. The topological polar surface area (TPSA) is 94.8 Å². The first kappa shape index (κ1) is 30.7. The highest BCUT2D eigenvalue weighted by Crippen LogP contribution is 2.30. The molecule has 1 N–H and O–H groups in total. The molecule has 1 aliphatic heterocycles. The third-order valence-corrected chi connectivity index (χ3v) is 6.85. The van der Waals surface area contributed by atoms with E-state index in [-0.39, 0.29) is 62.0 Å². The molecule has 0 atom stereocenters. The van der Waals surface area contributed by atoms with E-state index in [0.29, 0.717) is 29.9 Å². The number of carbonyl (C=O) groups is 2. The van der Waals surface area contributed by atoms with Crippen LogP contribution in [0, 0.1) is 25.5 Å². The van der Waals surface area contributed by atoms with Crippen LogP contribution in [0.15, 0.2) is 34.9 Å². The molecular formula is C29H38F2N6O3. The van der Waals surface area contributed by atoms with Gasteiger partial charge in [-0.05, 0) is 42.7 Å². The lowest BCUT2D eigenvalue weighted by molar-refractivity contribution is -0.145. The monoisotopic (exact) mass is 556 g/mol. The largest absolute Gasteiger partial charge is 0.355 e. The Bertz CT molecular complexity index is 1350. The lowest BCUT2D eigenvalue weighted by atomic mass is 10.1. The summed E-state index contributed by atoms with van der Waals surface area (Å²) < 4.78 is 34.2. The van der Waals surface area contributed by atoms with Crippen molar-refractivity contribution in [2.24, 2.45) is 0 Å². The zero-order valence-corrected chi connectivity index (χ0v) is 22.8. The number of aryl methyl sites for hydroxylation is 2. The SMILES string of the molecule is C.CCCCCNC(=O)CN(CC(=O)N(C)N1Cc2cccc(F)c2C1)c1cc(-c2noc(C)n2)c(F)cc1C. The van der Waals surface area contributed by atoms with Gasteiger partial charge in [-0.3, -0.25) is 14.6 Å². The number of hydrogen-bond donors (Lipinski definition) is 1. The van der Waals surface area contributed by atoms with E-state index in [1.54, 1.807) is 36.9 Å². The van der Waals surface area contributed by atoms with E-state index < -0.39 is 5.82 Å². The molecule has 4 rings (SSSR count). The van der Waals surface area contributed by atoms with Crippen molar-refractivity contribution in [2.45, 2.75) is 60.5 Å². The molecule has 2 amide bonds. The molecule has 3 aromatic rings. The number of amides is 2. The average Bonchev–Trinajstić information content (AvgIpc) is 3.53. The molecule has 0 saturated carbocycles. The van der Waals surface area contributed by atoms with E-state index in [2.05, 4.69) is 22.4 Å². The minimum absolute atomic E-state index is 0. The van der Waals surface area contributed by atoms with Crippen molar-refractivity contribution in [1.29, 1.82) is 0 Å². The van der Waals surface area contributed by atoms with Crippen molar-refractivity contribution in [1.82, 2.24) is 25.5 Å². The number of anilines is 1. The fraction of sp³-hybridized carbons (Fsp3) is 0.448. The van der Waals surface area contributed by atoms with Gasteiger partial charge in [0.1, 0.15) is 11.6 Å². The summed E-state index contributed by atoms with van der Waals surface area (Å²) in [5, 5.41) is 9.94. The summed E-state index contributed by atoms with van der Waals surface area (Å²) in [5.74, 6) is -1.03. The first-order valence-corrected chi connectivity index (χ1v) is 13.1. The predicted molar refractivity (Wildman–Crippen MR) is 149 cm³/mol. The van der Waals surface area contributed by atoms with Crippen LogP contribution in [0.1, 0.15) is 56.2 Å². The highest BCUT2D eigenvalue weighted by molar-refractivity contribution is 5.87. The van der Waals surface area contributed by atoms with Crippen molar-refractivity contribution < 1.29 is 22.9 Å². The van der Waals surface area contributed by atoms with Crippen molar-refractivity contribution in [3.05, 3.63) is 64.5 Å². The molecule has 0 fully saturated rings. The number of rotatable bonds is 11. The predicted octanol–water partition coefficient (Wildman–Crippen LogP) is 4.77. The number of nitrogens with one attached hydrogen (secondary N) is 1. The third-order valence-electron chi connectivity index (χ3n) is 6.85. The minimum atomic E-state index is -0.540. The lowest BCUT2D eigenvalue weighted by Gasteiger charge is -2.32. The molecule has 2 aromatic carbocycles. The van der Waals surface area contributed by atoms with Crippen LogP contribution in [0.5, 0.6) is 0 Å². The summed E-state index contributed by atoms with van der Waals surface area (Å²) in [7, 11) is 1.63. The van der Waals surface area contributed by atoms with Gasteiger partial charge in [-0.2, -0.15) is 4.98 Å². The van der Waals surface area contributed by atoms with E-state index in [4.69, 9.17) is 4.52 Å². The zero-order chi connectivity index (χ0) is 28.1. The van der Waals surface area contributed by atoms with Gasteiger partial charge in [0, 0.05) is 44.9 Å². The fourth-order valence-electron chi connectivity index (χ4n) is 4.64. The van der Waals surface area contributed by atoms with Gasteiger partial charge in [-0.15, -0.1) is 0 Å². The first-order chi connectivity index (χ1) is 18.7. The summed E-state index contributed by atoms with van der Waals surface area (Å²) in [5.41, 5.74) is 2.53. The van der Waals surface area contributed by atoms with Crippen LogP contribution in [0.2, 0.25) is 0 Å². The number of benzene rings is 2. The average molecular weight is 557 g/mol. The van der Waals surface area contributed by atoms with Gasteiger partial charge in [-0.1, -0.05) is 44.5 Å². The molecule has 0 unspecified atom stereocenters. The van der Waals surface area contributed by atoms with Crippen molar-refractivity contribution in [2.75, 3.05) is 31.6 Å². The summed E-state index contributed by atoms with van der Waals surface area (Å²) in [6.45, 7) is 6.31. The Kier molecular flexibility index (Phi) is 10.3. The van der Waals surface area contributed by atoms with Crippen LogP contribution in [-0.2, 0) is 22.7 Å². The number of likely N-dealkylation sites (N-methyl/N-ethyl adjacent to an activating group) is 1. The van der Waals surface area contributed by atoms with Crippen LogP contribution >= 0.6 is 0 Å². The van der Waals surface area contributed by atoms with Gasteiger partial charge in [0.05, 0.1) is 18.7 Å². The highest BCUT2D eigenvalue weighted by atomic mass is 19.1. The van der Waals surface area contributed by atoms with Crippen LogP contribution in [0.3, 0.4) is 0 Å². The van der Waals surface area contributed by atoms with Crippen LogP contribution < -0.4 is 10.2 Å². The van der Waals surface area contributed by atoms with Crippen LogP contribution in [0.25, 0.3) is 11.4 Å². The maximum Gasteiger partial charge on any atom is 0.256 e. The fourth-order valence-corrected chi connectivity index (χ4v) is 4.64. The molecule has 216 valence electrons. The highest BCUT2D eigenvalue weighted by Gasteiger charge is 2.29. The Morgan fingerprint density at radius 2 is 1.88 bits per heavy atom.